The summed E-state index contributed by atoms with van der Waals surface area (Å²) in [5, 5.41) is 4.40. The van der Waals surface area contributed by atoms with E-state index in [4.69, 9.17) is 0 Å². The van der Waals surface area contributed by atoms with Crippen LogP contribution in [0, 0.1) is 6.92 Å². The number of aromatic nitrogens is 3. The second kappa shape index (κ2) is 6.59. The van der Waals surface area contributed by atoms with Gasteiger partial charge >= 0.3 is 0 Å². The van der Waals surface area contributed by atoms with Crippen LogP contribution in [0.5, 0.6) is 0 Å². The molecule has 1 aromatic carbocycles. The van der Waals surface area contributed by atoms with Crippen molar-refractivity contribution in [1.82, 2.24) is 14.3 Å². The molecule has 0 saturated carbocycles. The van der Waals surface area contributed by atoms with Crippen molar-refractivity contribution in [2.75, 3.05) is 0 Å². The molecule has 0 atom stereocenters. The minimum atomic E-state index is -0.250. The molecule has 0 bridgehead atoms. The summed E-state index contributed by atoms with van der Waals surface area (Å²) in [6.07, 6.45) is 0. The maximum absolute atomic E-state index is 12.7. The Hall–Kier alpha value is -2.21. The molecular weight excluding hydrogens is 332 g/mol. The third-order valence-corrected chi connectivity index (χ3v) is 5.36. The van der Waals surface area contributed by atoms with Gasteiger partial charge < -0.3 is 4.57 Å². The van der Waals surface area contributed by atoms with E-state index in [0.29, 0.717) is 16.4 Å². The molecular formula is C19H24N4OS. The van der Waals surface area contributed by atoms with E-state index in [1.165, 1.54) is 5.56 Å². The lowest BCUT2D eigenvalue weighted by Crippen LogP contribution is -2.16. The fraction of sp³-hybridized carbons (Fsp3) is 0.421. The van der Waals surface area contributed by atoms with Crippen LogP contribution in [0.3, 0.4) is 0 Å². The zero-order valence-electron chi connectivity index (χ0n) is 15.6. The van der Waals surface area contributed by atoms with Gasteiger partial charge in [0.05, 0.1) is 15.9 Å². The quantitative estimate of drug-likeness (QED) is 0.706. The SMILES string of the molecule is Cc1cc(C(=O)N=c2sc3cc(C(C)C)ccc3n2C)n(C(C)C)n1. The zero-order chi connectivity index (χ0) is 18.3. The minimum Gasteiger partial charge on any atom is -0.319 e. The first kappa shape index (κ1) is 17.6. The summed E-state index contributed by atoms with van der Waals surface area (Å²) < 4.78 is 4.87. The molecule has 3 aromatic rings. The van der Waals surface area contributed by atoms with Gasteiger partial charge in [-0.1, -0.05) is 31.3 Å². The summed E-state index contributed by atoms with van der Waals surface area (Å²) in [4.78, 5) is 17.8. The van der Waals surface area contributed by atoms with Crippen molar-refractivity contribution in [2.45, 2.75) is 46.6 Å². The number of fused-ring (bicyclic) bond motifs is 1. The van der Waals surface area contributed by atoms with Gasteiger partial charge in [-0.25, -0.2) is 0 Å². The van der Waals surface area contributed by atoms with Crippen LogP contribution in [-0.4, -0.2) is 20.3 Å². The molecule has 0 aliphatic heterocycles. The summed E-state index contributed by atoms with van der Waals surface area (Å²) >= 11 is 1.55. The highest BCUT2D eigenvalue weighted by Crippen LogP contribution is 2.23. The van der Waals surface area contributed by atoms with Crippen LogP contribution in [0.1, 0.15) is 61.4 Å². The molecule has 6 heteroatoms. The molecule has 0 N–H and O–H groups in total. The first-order chi connectivity index (χ1) is 11.8. The van der Waals surface area contributed by atoms with Gasteiger partial charge in [0.25, 0.3) is 5.91 Å². The molecule has 3 rings (SSSR count). The van der Waals surface area contributed by atoms with E-state index in [-0.39, 0.29) is 11.9 Å². The van der Waals surface area contributed by atoms with Crippen LogP contribution in [0.4, 0.5) is 0 Å². The largest absolute Gasteiger partial charge is 0.319 e. The van der Waals surface area contributed by atoms with Gasteiger partial charge in [0.2, 0.25) is 0 Å². The second-order valence-corrected chi connectivity index (χ2v) is 7.96. The molecule has 0 spiro atoms. The van der Waals surface area contributed by atoms with E-state index in [1.807, 2.05) is 32.4 Å². The third kappa shape index (κ3) is 3.31. The lowest BCUT2D eigenvalue weighted by atomic mass is 10.0. The minimum absolute atomic E-state index is 0.118. The Morgan fingerprint density at radius 3 is 2.56 bits per heavy atom. The number of benzene rings is 1. The number of amides is 1. The van der Waals surface area contributed by atoms with Gasteiger partial charge in [0, 0.05) is 13.1 Å². The smallest absolute Gasteiger partial charge is 0.297 e. The Kier molecular flexibility index (Phi) is 4.64. The molecule has 5 nitrogen and oxygen atoms in total. The van der Waals surface area contributed by atoms with E-state index in [0.717, 1.165) is 15.9 Å². The Morgan fingerprint density at radius 2 is 1.92 bits per heavy atom. The molecule has 0 unspecified atom stereocenters. The first-order valence-electron chi connectivity index (χ1n) is 8.52. The number of carbonyl (C=O) groups excluding carboxylic acids is 1. The van der Waals surface area contributed by atoms with Crippen molar-refractivity contribution in [3.63, 3.8) is 0 Å². The number of nitrogens with zero attached hydrogens (tertiary/aromatic N) is 4. The molecule has 25 heavy (non-hydrogen) atoms. The summed E-state index contributed by atoms with van der Waals surface area (Å²) in [5.74, 6) is 0.225. The van der Waals surface area contributed by atoms with Crippen molar-refractivity contribution in [3.05, 3.63) is 46.0 Å². The molecule has 0 aliphatic carbocycles. The molecule has 1 amide bonds. The van der Waals surface area contributed by atoms with E-state index in [1.54, 1.807) is 22.1 Å². The number of rotatable bonds is 3. The van der Waals surface area contributed by atoms with Crippen LogP contribution in [-0.2, 0) is 7.05 Å². The third-order valence-electron chi connectivity index (χ3n) is 4.26. The van der Waals surface area contributed by atoms with E-state index in [2.05, 4.69) is 42.1 Å². The van der Waals surface area contributed by atoms with Gasteiger partial charge in [-0.2, -0.15) is 10.1 Å². The highest BCUT2D eigenvalue weighted by Gasteiger charge is 2.16. The predicted octanol–water partition coefficient (Wildman–Crippen LogP) is 4.19. The van der Waals surface area contributed by atoms with Gasteiger partial charge in [-0.05, 0) is 50.5 Å². The van der Waals surface area contributed by atoms with Crippen LogP contribution >= 0.6 is 11.3 Å². The van der Waals surface area contributed by atoms with Crippen molar-refractivity contribution < 1.29 is 4.79 Å². The summed E-state index contributed by atoms with van der Waals surface area (Å²) in [5.41, 5.74) is 3.75. The Labute approximate surface area is 151 Å². The topological polar surface area (TPSA) is 52.2 Å². The van der Waals surface area contributed by atoms with Crippen molar-refractivity contribution in [2.24, 2.45) is 12.0 Å². The molecule has 2 heterocycles. The monoisotopic (exact) mass is 356 g/mol. The number of hydrogen-bond acceptors (Lipinski definition) is 3. The molecule has 0 radical (unpaired) electrons. The van der Waals surface area contributed by atoms with Crippen molar-refractivity contribution in [3.8, 4) is 0 Å². The second-order valence-electron chi connectivity index (χ2n) is 6.95. The van der Waals surface area contributed by atoms with Gasteiger partial charge in [-0.15, -0.1) is 0 Å². The van der Waals surface area contributed by atoms with Crippen LogP contribution in [0.15, 0.2) is 29.3 Å². The Bertz CT molecular complexity index is 1000. The molecule has 132 valence electrons. The Morgan fingerprint density at radius 1 is 1.20 bits per heavy atom. The lowest BCUT2D eigenvalue weighted by molar-refractivity contribution is 0.0986. The van der Waals surface area contributed by atoms with E-state index < -0.39 is 0 Å². The van der Waals surface area contributed by atoms with E-state index in [9.17, 15) is 4.79 Å². The molecule has 0 aliphatic rings. The van der Waals surface area contributed by atoms with Crippen LogP contribution in [0.25, 0.3) is 10.2 Å². The van der Waals surface area contributed by atoms with E-state index >= 15 is 0 Å². The molecule has 0 saturated heterocycles. The fourth-order valence-electron chi connectivity index (χ4n) is 2.83. The standard InChI is InChI=1S/C19H24N4OS/c1-11(2)14-7-8-15-17(10-14)25-19(22(15)6)20-18(24)16-9-13(5)21-23(16)12(3)4/h7-12H,1-6H3. The van der Waals surface area contributed by atoms with Crippen LogP contribution in [0.2, 0.25) is 0 Å². The average molecular weight is 356 g/mol. The van der Waals surface area contributed by atoms with Crippen LogP contribution < -0.4 is 4.80 Å². The van der Waals surface area contributed by atoms with Gasteiger partial charge in [-0.3, -0.25) is 9.48 Å². The molecule has 0 fully saturated rings. The first-order valence-corrected chi connectivity index (χ1v) is 9.34. The van der Waals surface area contributed by atoms with Crippen molar-refractivity contribution >= 4 is 27.5 Å². The number of carbonyl (C=O) groups is 1. The number of aryl methyl sites for hydroxylation is 2. The Balaban J connectivity index is 2.09. The predicted molar refractivity (Wildman–Crippen MR) is 102 cm³/mol. The average Bonchev–Trinajstić information content (AvgIpc) is 3.08. The summed E-state index contributed by atoms with van der Waals surface area (Å²) in [6.45, 7) is 10.3. The highest BCUT2D eigenvalue weighted by molar-refractivity contribution is 7.16. The summed E-state index contributed by atoms with van der Waals surface area (Å²) in [7, 11) is 1.95. The van der Waals surface area contributed by atoms with Gasteiger partial charge in [0.1, 0.15) is 5.69 Å². The maximum Gasteiger partial charge on any atom is 0.297 e. The lowest BCUT2D eigenvalue weighted by Gasteiger charge is -2.07. The maximum atomic E-state index is 12.7. The van der Waals surface area contributed by atoms with Gasteiger partial charge in [0.15, 0.2) is 4.80 Å². The number of hydrogen-bond donors (Lipinski definition) is 0. The fourth-order valence-corrected chi connectivity index (χ4v) is 3.90. The molecule has 2 aromatic heterocycles. The van der Waals surface area contributed by atoms with Crippen molar-refractivity contribution in [1.29, 1.82) is 0 Å². The number of thiazole rings is 1. The highest BCUT2D eigenvalue weighted by atomic mass is 32.1. The summed E-state index contributed by atoms with van der Waals surface area (Å²) in [6, 6.07) is 8.36. The normalized spacial score (nSPS) is 12.7. The zero-order valence-corrected chi connectivity index (χ0v) is 16.4.